The van der Waals surface area contributed by atoms with Crippen LogP contribution >= 0.6 is 58.2 Å². The van der Waals surface area contributed by atoms with Crippen molar-refractivity contribution in [3.8, 4) is 0 Å². The number of amidine groups is 1. The number of carbonyl (C=O) groups excluding carboxylic acids is 1. The van der Waals surface area contributed by atoms with Gasteiger partial charge in [-0.15, -0.1) is 0 Å². The van der Waals surface area contributed by atoms with Gasteiger partial charge in [0, 0.05) is 25.0 Å². The summed E-state index contributed by atoms with van der Waals surface area (Å²) < 4.78 is -2.02. The predicted molar refractivity (Wildman–Crippen MR) is 84.8 cm³/mol. The van der Waals surface area contributed by atoms with Crippen LogP contribution in [-0.4, -0.2) is 37.0 Å². The summed E-state index contributed by atoms with van der Waals surface area (Å²) in [5.41, 5.74) is 0.964. The molecule has 1 aromatic rings. The molecule has 1 aliphatic rings. The average Bonchev–Trinajstić information content (AvgIpc) is 2.78. The van der Waals surface area contributed by atoms with E-state index in [-0.39, 0.29) is 0 Å². The maximum atomic E-state index is 11.6. The number of thioether (sulfide) groups is 1. The molecule has 0 bridgehead atoms. The number of aromatic nitrogens is 1. The van der Waals surface area contributed by atoms with Gasteiger partial charge in [0.15, 0.2) is 5.17 Å². The van der Waals surface area contributed by atoms with Crippen molar-refractivity contribution in [3.05, 3.63) is 29.0 Å². The van der Waals surface area contributed by atoms with Crippen LogP contribution in [-0.2, 0) is 11.3 Å². The molecule has 2 rings (SSSR count). The van der Waals surface area contributed by atoms with Gasteiger partial charge in [-0.1, -0.05) is 64.2 Å². The van der Waals surface area contributed by atoms with Crippen molar-refractivity contribution < 1.29 is 4.79 Å². The van der Waals surface area contributed by atoms with Gasteiger partial charge in [0.1, 0.15) is 5.15 Å². The van der Waals surface area contributed by atoms with Crippen molar-refractivity contribution in [1.29, 1.82) is 0 Å². The molecule has 0 aliphatic carbocycles. The first-order chi connectivity index (χ1) is 9.36. The zero-order chi connectivity index (χ0) is 14.8. The molecule has 0 aromatic carbocycles. The second-order valence-corrected chi connectivity index (χ2v) is 7.69. The van der Waals surface area contributed by atoms with Gasteiger partial charge in [-0.3, -0.25) is 4.79 Å². The molecule has 1 fully saturated rings. The Bertz CT molecular complexity index is 529. The molecular formula is C11H9Cl4N3OS. The van der Waals surface area contributed by atoms with Crippen molar-refractivity contribution in [2.75, 3.05) is 12.3 Å². The number of hydrogen-bond acceptors (Lipinski definition) is 3. The monoisotopic (exact) mass is 371 g/mol. The summed E-state index contributed by atoms with van der Waals surface area (Å²) in [4.78, 5) is 21.4. The smallest absolute Gasteiger partial charge is 0.300 e. The summed E-state index contributed by atoms with van der Waals surface area (Å²) in [6.45, 7) is 1.34. The van der Waals surface area contributed by atoms with E-state index in [0.29, 0.717) is 16.9 Å². The molecule has 0 radical (unpaired) electrons. The van der Waals surface area contributed by atoms with Gasteiger partial charge in [0.25, 0.3) is 9.70 Å². The Morgan fingerprint density at radius 2 is 2.20 bits per heavy atom. The first-order valence-corrected chi connectivity index (χ1v) is 8.04. The van der Waals surface area contributed by atoms with Crippen molar-refractivity contribution >= 4 is 69.2 Å². The summed E-state index contributed by atoms with van der Waals surface area (Å²) in [6, 6.07) is 3.58. The summed E-state index contributed by atoms with van der Waals surface area (Å²) in [6.07, 6.45) is 1.68. The van der Waals surface area contributed by atoms with Crippen molar-refractivity contribution in [2.45, 2.75) is 10.3 Å². The van der Waals surface area contributed by atoms with Crippen molar-refractivity contribution in [3.63, 3.8) is 0 Å². The van der Waals surface area contributed by atoms with Gasteiger partial charge in [-0.05, 0) is 11.6 Å². The molecule has 1 amide bonds. The van der Waals surface area contributed by atoms with Gasteiger partial charge < -0.3 is 4.90 Å². The minimum atomic E-state index is -2.02. The quantitative estimate of drug-likeness (QED) is 0.588. The Morgan fingerprint density at radius 3 is 2.80 bits per heavy atom. The molecule has 1 aliphatic heterocycles. The lowest BCUT2D eigenvalue weighted by molar-refractivity contribution is -0.116. The van der Waals surface area contributed by atoms with Crippen LogP contribution in [0.1, 0.15) is 5.56 Å². The Labute approximate surface area is 140 Å². The Morgan fingerprint density at radius 1 is 1.45 bits per heavy atom. The molecule has 1 saturated heterocycles. The van der Waals surface area contributed by atoms with E-state index in [1.807, 2.05) is 11.0 Å². The Hall–Kier alpha value is -0.200. The zero-order valence-electron chi connectivity index (χ0n) is 10.0. The fraction of sp³-hybridized carbons (Fsp3) is 0.364. The van der Waals surface area contributed by atoms with Crippen molar-refractivity contribution in [1.82, 2.24) is 9.88 Å². The van der Waals surface area contributed by atoms with Crippen LogP contribution in [0.3, 0.4) is 0 Å². The summed E-state index contributed by atoms with van der Waals surface area (Å²) >= 11 is 23.7. The highest BCUT2D eigenvalue weighted by atomic mass is 35.6. The first-order valence-electron chi connectivity index (χ1n) is 5.54. The zero-order valence-corrected chi connectivity index (χ0v) is 13.9. The number of pyridine rings is 1. The maximum absolute atomic E-state index is 11.6. The standard InChI is InChI=1S/C11H9Cl4N3OS/c12-8-2-1-7(5-16-8)6-18-3-4-20-10(18)17-9(19)11(13,14)15/h1-2,5H,3-4,6H2. The van der Waals surface area contributed by atoms with Crippen LogP contribution in [0.15, 0.2) is 23.3 Å². The lowest BCUT2D eigenvalue weighted by Crippen LogP contribution is -2.27. The summed E-state index contributed by atoms with van der Waals surface area (Å²) in [5, 5.41) is 0.987. The SMILES string of the molecule is O=C(N=C1SCCN1Cc1ccc(Cl)nc1)C(Cl)(Cl)Cl. The van der Waals surface area contributed by atoms with Crippen LogP contribution in [0.5, 0.6) is 0 Å². The van der Waals surface area contributed by atoms with Crippen LogP contribution in [0.2, 0.25) is 5.15 Å². The van der Waals surface area contributed by atoms with Crippen LogP contribution in [0, 0.1) is 0 Å². The third-order valence-corrected chi connectivity index (χ3v) is 4.17. The number of rotatable bonds is 2. The van der Waals surface area contributed by atoms with E-state index < -0.39 is 9.70 Å². The Balaban J connectivity index is 2.09. The minimum Gasteiger partial charge on any atom is -0.346 e. The molecule has 0 N–H and O–H groups in total. The van der Waals surface area contributed by atoms with Crippen LogP contribution in [0.25, 0.3) is 0 Å². The van der Waals surface area contributed by atoms with Gasteiger partial charge in [0.2, 0.25) is 0 Å². The number of nitrogens with zero attached hydrogens (tertiary/aromatic N) is 3. The van der Waals surface area contributed by atoms with E-state index in [2.05, 4.69) is 9.98 Å². The molecule has 20 heavy (non-hydrogen) atoms. The molecule has 108 valence electrons. The Kier molecular flexibility index (Phi) is 5.42. The van der Waals surface area contributed by atoms with Gasteiger partial charge in [-0.25, -0.2) is 4.98 Å². The second kappa shape index (κ2) is 6.71. The average molecular weight is 373 g/mol. The molecule has 1 aromatic heterocycles. The molecule has 0 spiro atoms. The fourth-order valence-electron chi connectivity index (χ4n) is 1.55. The topological polar surface area (TPSA) is 45.6 Å². The molecule has 0 unspecified atom stereocenters. The molecule has 0 atom stereocenters. The van der Waals surface area contributed by atoms with E-state index in [4.69, 9.17) is 46.4 Å². The van der Waals surface area contributed by atoms with Crippen molar-refractivity contribution in [2.24, 2.45) is 4.99 Å². The third-order valence-electron chi connectivity index (χ3n) is 2.46. The number of hydrogen-bond donors (Lipinski definition) is 0. The van der Waals surface area contributed by atoms with Crippen LogP contribution in [0.4, 0.5) is 0 Å². The van der Waals surface area contributed by atoms with E-state index in [1.165, 1.54) is 11.8 Å². The number of aliphatic imine (C=N–C) groups is 1. The lowest BCUT2D eigenvalue weighted by atomic mass is 10.3. The van der Waals surface area contributed by atoms with Gasteiger partial charge in [-0.2, -0.15) is 4.99 Å². The van der Waals surface area contributed by atoms with Crippen LogP contribution < -0.4 is 0 Å². The number of halogens is 4. The normalized spacial score (nSPS) is 17.8. The molecule has 9 heteroatoms. The minimum absolute atomic E-state index is 0.435. The fourth-order valence-corrected chi connectivity index (χ4v) is 2.77. The number of alkyl halides is 3. The first kappa shape index (κ1) is 16.2. The van der Waals surface area contributed by atoms with E-state index in [0.717, 1.165) is 17.9 Å². The number of carbonyl (C=O) groups is 1. The second-order valence-electron chi connectivity index (χ2n) is 3.96. The predicted octanol–water partition coefficient (Wildman–Crippen LogP) is 3.54. The highest BCUT2D eigenvalue weighted by Gasteiger charge is 2.32. The number of amides is 1. The summed E-state index contributed by atoms with van der Waals surface area (Å²) in [5.74, 6) is 0.0404. The highest BCUT2D eigenvalue weighted by molar-refractivity contribution is 8.14. The van der Waals surface area contributed by atoms with E-state index in [1.54, 1.807) is 12.3 Å². The largest absolute Gasteiger partial charge is 0.346 e. The molecule has 4 nitrogen and oxygen atoms in total. The maximum Gasteiger partial charge on any atom is 0.300 e. The lowest BCUT2D eigenvalue weighted by Gasteiger charge is -2.18. The van der Waals surface area contributed by atoms with E-state index in [9.17, 15) is 4.79 Å². The van der Waals surface area contributed by atoms with Gasteiger partial charge >= 0.3 is 0 Å². The van der Waals surface area contributed by atoms with Gasteiger partial charge in [0.05, 0.1) is 0 Å². The molecule has 0 saturated carbocycles. The molecular weight excluding hydrogens is 364 g/mol. The highest BCUT2D eigenvalue weighted by Crippen LogP contribution is 2.29. The molecule has 2 heterocycles. The van der Waals surface area contributed by atoms with E-state index >= 15 is 0 Å². The summed E-state index contributed by atoms with van der Waals surface area (Å²) in [7, 11) is 0. The third kappa shape index (κ3) is 4.40.